The standard InChI is InChI=1S/C30H36F3N3O4/c1-21-26(27(37)36-17-15-35(16-18-36)24-10-6-9-23(19-24)30(31,32)33)29(40-28(21)38)11-13-34(14-12-29)20-25(39-2)22-7-4-3-5-8-22/h3-10,19,25,27,37H,11-18,20H2,1-2H3. The molecule has 1 N–H and O–H groups in total. The number of likely N-dealkylation sites (tertiary alicyclic amines) is 1. The van der Waals surface area contributed by atoms with Crippen LogP contribution in [0.15, 0.2) is 65.7 Å². The Labute approximate surface area is 232 Å². The number of alkyl halides is 3. The normalized spacial score (nSPS) is 22.1. The monoisotopic (exact) mass is 559 g/mol. The molecule has 5 rings (SSSR count). The van der Waals surface area contributed by atoms with Gasteiger partial charge in [0.05, 0.1) is 11.7 Å². The molecule has 0 amide bonds. The van der Waals surface area contributed by atoms with Crippen LogP contribution in [0.1, 0.15) is 37.0 Å². The van der Waals surface area contributed by atoms with Gasteiger partial charge in [0.1, 0.15) is 11.8 Å². The highest BCUT2D eigenvalue weighted by Crippen LogP contribution is 2.43. The molecule has 0 radical (unpaired) electrons. The number of anilines is 1. The largest absolute Gasteiger partial charge is 0.451 e. The summed E-state index contributed by atoms with van der Waals surface area (Å²) in [6, 6.07) is 15.4. The van der Waals surface area contributed by atoms with Crippen LogP contribution in [0.5, 0.6) is 0 Å². The second-order valence-corrected chi connectivity index (χ2v) is 10.8. The van der Waals surface area contributed by atoms with Crippen LogP contribution in [-0.4, -0.2) is 85.6 Å². The molecule has 3 heterocycles. The highest BCUT2D eigenvalue weighted by atomic mass is 19.4. The Morgan fingerprint density at radius 1 is 1.00 bits per heavy atom. The Morgan fingerprint density at radius 3 is 2.30 bits per heavy atom. The van der Waals surface area contributed by atoms with Crippen LogP contribution in [0.25, 0.3) is 0 Å². The fraction of sp³-hybridized carbons (Fsp3) is 0.500. The summed E-state index contributed by atoms with van der Waals surface area (Å²) in [6.07, 6.45) is -4.34. The Kier molecular flexibility index (Phi) is 8.24. The van der Waals surface area contributed by atoms with Crippen molar-refractivity contribution in [1.29, 1.82) is 0 Å². The number of nitrogens with zero attached hydrogens (tertiary/aromatic N) is 3. The molecule has 2 atom stereocenters. The molecule has 0 saturated carbocycles. The SMILES string of the molecule is COC(CN1CCC2(CC1)OC(=O)C(C)=C2C(O)N1CCN(c2cccc(C(F)(F)F)c2)CC1)c1ccccc1. The van der Waals surface area contributed by atoms with Crippen LogP contribution >= 0.6 is 0 Å². The number of esters is 1. The minimum absolute atomic E-state index is 0.0724. The Balaban J connectivity index is 1.23. The van der Waals surface area contributed by atoms with Gasteiger partial charge in [0.15, 0.2) is 0 Å². The van der Waals surface area contributed by atoms with Crippen LogP contribution in [0.4, 0.5) is 18.9 Å². The second-order valence-electron chi connectivity index (χ2n) is 10.8. The summed E-state index contributed by atoms with van der Waals surface area (Å²) >= 11 is 0. The van der Waals surface area contributed by atoms with Crippen LogP contribution < -0.4 is 4.90 Å². The molecule has 40 heavy (non-hydrogen) atoms. The van der Waals surface area contributed by atoms with Gasteiger partial charge in [-0.15, -0.1) is 0 Å². The van der Waals surface area contributed by atoms with Gasteiger partial charge in [-0.05, 0) is 30.7 Å². The molecule has 0 aliphatic carbocycles. The number of methoxy groups -OCH3 is 1. The van der Waals surface area contributed by atoms with E-state index in [2.05, 4.69) is 4.90 Å². The van der Waals surface area contributed by atoms with Gasteiger partial charge in [0.25, 0.3) is 0 Å². The molecule has 2 aromatic carbocycles. The molecule has 10 heteroatoms. The van der Waals surface area contributed by atoms with Crippen molar-refractivity contribution in [1.82, 2.24) is 9.80 Å². The molecule has 1 spiro atoms. The predicted molar refractivity (Wildman–Crippen MR) is 145 cm³/mol. The predicted octanol–water partition coefficient (Wildman–Crippen LogP) is 4.24. The number of piperidine rings is 1. The summed E-state index contributed by atoms with van der Waals surface area (Å²) in [6.45, 7) is 5.59. The number of ether oxygens (including phenoxy) is 2. The average molecular weight is 560 g/mol. The first-order chi connectivity index (χ1) is 19.1. The zero-order valence-electron chi connectivity index (χ0n) is 22.9. The number of piperazine rings is 1. The summed E-state index contributed by atoms with van der Waals surface area (Å²) in [4.78, 5) is 18.8. The van der Waals surface area contributed by atoms with Crippen molar-refractivity contribution in [3.63, 3.8) is 0 Å². The number of benzene rings is 2. The van der Waals surface area contributed by atoms with E-state index < -0.39 is 29.5 Å². The van der Waals surface area contributed by atoms with E-state index in [0.717, 1.165) is 17.7 Å². The van der Waals surface area contributed by atoms with Crippen molar-refractivity contribution >= 4 is 11.7 Å². The fourth-order valence-electron chi connectivity index (χ4n) is 6.16. The summed E-state index contributed by atoms with van der Waals surface area (Å²) < 4.78 is 51.3. The first-order valence-corrected chi connectivity index (χ1v) is 13.7. The first kappa shape index (κ1) is 28.6. The number of carbonyl (C=O) groups excluding carboxylic acids is 1. The van der Waals surface area contributed by atoms with E-state index in [1.165, 1.54) is 6.07 Å². The van der Waals surface area contributed by atoms with Crippen LogP contribution in [0, 0.1) is 0 Å². The third-order valence-electron chi connectivity index (χ3n) is 8.49. The topological polar surface area (TPSA) is 65.5 Å². The summed E-state index contributed by atoms with van der Waals surface area (Å²) in [7, 11) is 1.70. The van der Waals surface area contributed by atoms with Gasteiger partial charge in [0.2, 0.25) is 0 Å². The number of carbonyl (C=O) groups is 1. The van der Waals surface area contributed by atoms with Crippen LogP contribution in [0.2, 0.25) is 0 Å². The van der Waals surface area contributed by atoms with E-state index in [4.69, 9.17) is 9.47 Å². The molecule has 2 fully saturated rings. The minimum Gasteiger partial charge on any atom is -0.451 e. The van der Waals surface area contributed by atoms with E-state index in [-0.39, 0.29) is 6.10 Å². The van der Waals surface area contributed by atoms with E-state index >= 15 is 0 Å². The first-order valence-electron chi connectivity index (χ1n) is 13.7. The van der Waals surface area contributed by atoms with Crippen LogP contribution in [-0.2, 0) is 20.4 Å². The van der Waals surface area contributed by atoms with Gasteiger partial charge in [-0.25, -0.2) is 4.79 Å². The van der Waals surface area contributed by atoms with E-state index in [9.17, 15) is 23.1 Å². The van der Waals surface area contributed by atoms with Gasteiger partial charge in [-0.2, -0.15) is 13.2 Å². The van der Waals surface area contributed by atoms with Crippen LogP contribution in [0.3, 0.4) is 0 Å². The highest BCUT2D eigenvalue weighted by Gasteiger charge is 2.51. The molecule has 2 aromatic rings. The highest BCUT2D eigenvalue weighted by molar-refractivity contribution is 5.92. The Morgan fingerprint density at radius 2 is 1.68 bits per heavy atom. The van der Waals surface area contributed by atoms with E-state index in [1.807, 2.05) is 40.1 Å². The lowest BCUT2D eigenvalue weighted by molar-refractivity contribution is -0.152. The maximum atomic E-state index is 13.2. The van der Waals surface area contributed by atoms with Gasteiger partial charge in [-0.3, -0.25) is 4.90 Å². The maximum Gasteiger partial charge on any atom is 0.416 e. The Bertz CT molecular complexity index is 1220. The van der Waals surface area contributed by atoms with Gasteiger partial charge < -0.3 is 24.4 Å². The molecule has 2 saturated heterocycles. The van der Waals surface area contributed by atoms with Crippen molar-refractivity contribution in [2.24, 2.45) is 0 Å². The number of hydrogen-bond acceptors (Lipinski definition) is 7. The molecular formula is C30H36F3N3O4. The zero-order chi connectivity index (χ0) is 28.5. The fourth-order valence-corrected chi connectivity index (χ4v) is 6.16. The average Bonchev–Trinajstić information content (AvgIpc) is 3.21. The lowest BCUT2D eigenvalue weighted by Crippen LogP contribution is -2.55. The molecule has 0 bridgehead atoms. The number of hydrogen-bond donors (Lipinski definition) is 1. The number of halogens is 3. The quantitative estimate of drug-likeness (QED) is 0.509. The van der Waals surface area contributed by atoms with Crippen molar-refractivity contribution in [2.75, 3.05) is 57.8 Å². The lowest BCUT2D eigenvalue weighted by atomic mass is 9.81. The van der Waals surface area contributed by atoms with Crippen molar-refractivity contribution in [3.05, 3.63) is 76.9 Å². The summed E-state index contributed by atoms with van der Waals surface area (Å²) in [5.41, 5.74) is 1.14. The molecule has 0 aromatic heterocycles. The number of rotatable bonds is 7. The number of aliphatic hydroxyl groups is 1. The molecule has 2 unspecified atom stereocenters. The minimum atomic E-state index is -4.40. The lowest BCUT2D eigenvalue weighted by Gasteiger charge is -2.44. The summed E-state index contributed by atoms with van der Waals surface area (Å²) in [5, 5.41) is 11.5. The summed E-state index contributed by atoms with van der Waals surface area (Å²) in [5.74, 6) is -0.399. The maximum absolute atomic E-state index is 13.2. The molecule has 3 aliphatic rings. The van der Waals surface area contributed by atoms with E-state index in [0.29, 0.717) is 75.5 Å². The van der Waals surface area contributed by atoms with Crippen molar-refractivity contribution < 1.29 is 32.5 Å². The smallest absolute Gasteiger partial charge is 0.416 e. The zero-order valence-corrected chi connectivity index (χ0v) is 22.9. The molecular weight excluding hydrogens is 523 g/mol. The second kappa shape index (κ2) is 11.5. The third kappa shape index (κ3) is 5.76. The third-order valence-corrected chi connectivity index (χ3v) is 8.49. The van der Waals surface area contributed by atoms with Gasteiger partial charge in [0, 0.05) is 82.6 Å². The van der Waals surface area contributed by atoms with Gasteiger partial charge >= 0.3 is 12.1 Å². The van der Waals surface area contributed by atoms with E-state index in [1.54, 1.807) is 20.1 Å². The number of aliphatic hydroxyl groups excluding tert-OH is 1. The molecule has 3 aliphatic heterocycles. The Hall–Kier alpha value is -2.92. The molecule has 216 valence electrons. The van der Waals surface area contributed by atoms with Gasteiger partial charge in [-0.1, -0.05) is 36.4 Å². The van der Waals surface area contributed by atoms with Crippen molar-refractivity contribution in [2.45, 2.75) is 43.9 Å². The van der Waals surface area contributed by atoms with Crippen molar-refractivity contribution in [3.8, 4) is 0 Å². The molecule has 7 nitrogen and oxygen atoms in total.